The first kappa shape index (κ1) is 16.2. The quantitative estimate of drug-likeness (QED) is 0.504. The Balaban J connectivity index is 2.47. The highest BCUT2D eigenvalue weighted by molar-refractivity contribution is 9.10. The monoisotopic (exact) mass is 366 g/mol. The zero-order valence-corrected chi connectivity index (χ0v) is 13.8. The van der Waals surface area contributed by atoms with E-state index in [-0.39, 0.29) is 5.57 Å². The van der Waals surface area contributed by atoms with Gasteiger partial charge in [0.1, 0.15) is 11.8 Å². The molecular formula is C15H15BrN2O4. The summed E-state index contributed by atoms with van der Waals surface area (Å²) < 4.78 is 5.87. The first-order valence-electron chi connectivity index (χ1n) is 6.79. The molecule has 1 aliphatic rings. The van der Waals surface area contributed by atoms with Crippen LogP contribution in [0.3, 0.4) is 0 Å². The molecule has 1 aromatic rings. The van der Waals surface area contributed by atoms with E-state index in [9.17, 15) is 14.4 Å². The highest BCUT2D eigenvalue weighted by Gasteiger charge is 2.38. The van der Waals surface area contributed by atoms with E-state index in [1.165, 1.54) is 0 Å². The van der Waals surface area contributed by atoms with Gasteiger partial charge in [-0.3, -0.25) is 14.9 Å². The number of imide groups is 2. The van der Waals surface area contributed by atoms with E-state index in [1.807, 2.05) is 13.0 Å². The average molecular weight is 367 g/mol. The lowest BCUT2D eigenvalue weighted by Crippen LogP contribution is -2.54. The van der Waals surface area contributed by atoms with Gasteiger partial charge in [0.15, 0.2) is 0 Å². The van der Waals surface area contributed by atoms with E-state index in [0.717, 1.165) is 21.2 Å². The summed E-state index contributed by atoms with van der Waals surface area (Å²) in [5.41, 5.74) is 1.05. The van der Waals surface area contributed by atoms with Gasteiger partial charge in [-0.2, -0.15) is 0 Å². The van der Waals surface area contributed by atoms with Gasteiger partial charge in [-0.15, -0.1) is 0 Å². The molecule has 0 bridgehead atoms. The molecule has 1 fully saturated rings. The van der Waals surface area contributed by atoms with Crippen LogP contribution in [0.25, 0.3) is 0 Å². The van der Waals surface area contributed by atoms with E-state index in [4.69, 9.17) is 4.74 Å². The lowest BCUT2D eigenvalue weighted by Gasteiger charge is -2.27. The highest BCUT2D eigenvalue weighted by Crippen LogP contribution is 2.28. The van der Waals surface area contributed by atoms with Gasteiger partial charge in [-0.05, 0) is 37.1 Å². The minimum Gasteiger partial charge on any atom is -0.500 e. The third-order valence-electron chi connectivity index (χ3n) is 3.13. The van der Waals surface area contributed by atoms with Gasteiger partial charge in [0.25, 0.3) is 11.8 Å². The molecular weight excluding hydrogens is 352 g/mol. The van der Waals surface area contributed by atoms with Crippen molar-refractivity contribution in [2.75, 3.05) is 11.5 Å². The molecule has 0 unspecified atom stereocenters. The second-order valence-electron chi connectivity index (χ2n) is 4.51. The minimum atomic E-state index is -0.763. The molecule has 0 aromatic heterocycles. The number of anilines is 1. The maximum Gasteiger partial charge on any atom is 0.335 e. The summed E-state index contributed by atoms with van der Waals surface area (Å²) in [6.07, 6.45) is 1.71. The Kier molecular flexibility index (Phi) is 4.97. The zero-order valence-electron chi connectivity index (χ0n) is 12.2. The fourth-order valence-corrected chi connectivity index (χ4v) is 2.48. The van der Waals surface area contributed by atoms with E-state index < -0.39 is 17.8 Å². The molecule has 1 aromatic carbocycles. The number of aryl methyl sites for hydroxylation is 1. The second kappa shape index (κ2) is 6.74. The normalized spacial score (nSPS) is 17.0. The van der Waals surface area contributed by atoms with E-state index >= 15 is 0 Å². The van der Waals surface area contributed by atoms with Crippen LogP contribution in [0.4, 0.5) is 10.5 Å². The molecule has 2 rings (SSSR count). The lowest BCUT2D eigenvalue weighted by molar-refractivity contribution is -0.123. The van der Waals surface area contributed by atoms with E-state index in [2.05, 4.69) is 21.2 Å². The number of nitrogens with one attached hydrogen (secondary N) is 1. The zero-order chi connectivity index (χ0) is 16.3. The topological polar surface area (TPSA) is 75.7 Å². The van der Waals surface area contributed by atoms with Crippen molar-refractivity contribution < 1.29 is 19.1 Å². The minimum absolute atomic E-state index is 0.202. The van der Waals surface area contributed by atoms with Crippen LogP contribution in [0.2, 0.25) is 0 Å². The van der Waals surface area contributed by atoms with Crippen molar-refractivity contribution in [2.24, 2.45) is 0 Å². The number of urea groups is 1. The van der Waals surface area contributed by atoms with Gasteiger partial charge in [0.2, 0.25) is 0 Å². The second-order valence-corrected chi connectivity index (χ2v) is 5.43. The maximum absolute atomic E-state index is 12.5. The third-order valence-corrected chi connectivity index (χ3v) is 3.63. The Morgan fingerprint density at radius 2 is 2.00 bits per heavy atom. The number of ether oxygens (including phenoxy) is 1. The Morgan fingerprint density at radius 1 is 1.27 bits per heavy atom. The molecule has 7 heteroatoms. The average Bonchev–Trinajstić information content (AvgIpc) is 2.48. The van der Waals surface area contributed by atoms with Gasteiger partial charge in [0.05, 0.1) is 12.3 Å². The summed E-state index contributed by atoms with van der Waals surface area (Å²) in [5, 5.41) is 2.15. The smallest absolute Gasteiger partial charge is 0.335 e. The maximum atomic E-state index is 12.5. The van der Waals surface area contributed by atoms with Crippen LogP contribution in [0.1, 0.15) is 19.4 Å². The number of hydrogen-bond donors (Lipinski definition) is 1. The molecule has 22 heavy (non-hydrogen) atoms. The Bertz CT molecular complexity index is 670. The van der Waals surface area contributed by atoms with Crippen molar-refractivity contribution in [3.05, 3.63) is 40.1 Å². The molecule has 1 saturated heterocycles. The van der Waals surface area contributed by atoms with Crippen LogP contribution in [-0.2, 0) is 20.7 Å². The number of halogens is 1. The number of rotatable bonds is 4. The van der Waals surface area contributed by atoms with Crippen LogP contribution in [0.5, 0.6) is 0 Å². The number of benzene rings is 1. The van der Waals surface area contributed by atoms with Crippen molar-refractivity contribution in [1.82, 2.24) is 5.32 Å². The summed E-state index contributed by atoms with van der Waals surface area (Å²) in [5.74, 6) is -1.45. The van der Waals surface area contributed by atoms with Gasteiger partial charge >= 0.3 is 6.03 Å². The Morgan fingerprint density at radius 3 is 2.64 bits per heavy atom. The van der Waals surface area contributed by atoms with Crippen molar-refractivity contribution in [1.29, 1.82) is 0 Å². The van der Waals surface area contributed by atoms with Crippen LogP contribution in [0.15, 0.2) is 34.5 Å². The van der Waals surface area contributed by atoms with Crippen LogP contribution in [-0.4, -0.2) is 24.5 Å². The predicted octanol–water partition coefficient (Wildman–Crippen LogP) is 2.51. The standard InChI is InChI=1S/C15H15BrN2O4/c1-3-9-7-10(16)5-6-12(9)18-14(20)11(8-22-4-2)13(19)17-15(18)21/h5-8H,3-4H2,1-2H3,(H,17,19,21). The number of hydrogen-bond acceptors (Lipinski definition) is 4. The third kappa shape index (κ3) is 3.04. The molecule has 6 nitrogen and oxygen atoms in total. The molecule has 0 spiro atoms. The summed E-state index contributed by atoms with van der Waals surface area (Å²) >= 11 is 3.36. The Hall–Kier alpha value is -2.15. The summed E-state index contributed by atoms with van der Waals surface area (Å²) in [4.78, 5) is 37.3. The lowest BCUT2D eigenvalue weighted by atomic mass is 10.1. The van der Waals surface area contributed by atoms with E-state index in [0.29, 0.717) is 18.7 Å². The van der Waals surface area contributed by atoms with Gasteiger partial charge in [-0.25, -0.2) is 9.69 Å². The molecule has 4 amide bonds. The molecule has 0 saturated carbocycles. The van der Waals surface area contributed by atoms with Gasteiger partial charge < -0.3 is 4.74 Å². The SMILES string of the molecule is CCOC=C1C(=O)NC(=O)N(c2ccc(Br)cc2CC)C1=O. The molecule has 0 aliphatic carbocycles. The van der Waals surface area contributed by atoms with E-state index in [1.54, 1.807) is 19.1 Å². The first-order chi connectivity index (χ1) is 10.5. The number of barbiturate groups is 1. The highest BCUT2D eigenvalue weighted by atomic mass is 79.9. The van der Waals surface area contributed by atoms with Crippen molar-refractivity contribution >= 4 is 39.5 Å². The summed E-state index contributed by atoms with van der Waals surface area (Å²) in [6, 6.07) is 4.46. The fourth-order valence-electron chi connectivity index (χ4n) is 2.07. The first-order valence-corrected chi connectivity index (χ1v) is 7.58. The van der Waals surface area contributed by atoms with Gasteiger partial charge in [0, 0.05) is 4.47 Å². The fraction of sp³-hybridized carbons (Fsp3) is 0.267. The number of carbonyl (C=O) groups is 3. The van der Waals surface area contributed by atoms with Gasteiger partial charge in [-0.1, -0.05) is 22.9 Å². The van der Waals surface area contributed by atoms with Crippen molar-refractivity contribution in [3.63, 3.8) is 0 Å². The number of carbonyl (C=O) groups excluding carboxylic acids is 3. The predicted molar refractivity (Wildman–Crippen MR) is 84.3 cm³/mol. The summed E-state index contributed by atoms with van der Waals surface area (Å²) in [6.45, 7) is 3.96. The van der Waals surface area contributed by atoms with Crippen molar-refractivity contribution in [2.45, 2.75) is 20.3 Å². The van der Waals surface area contributed by atoms with Crippen LogP contribution >= 0.6 is 15.9 Å². The molecule has 116 valence electrons. The van der Waals surface area contributed by atoms with Crippen molar-refractivity contribution in [3.8, 4) is 0 Å². The Labute approximate surface area is 136 Å². The molecule has 1 N–H and O–H groups in total. The molecule has 1 aliphatic heterocycles. The molecule has 0 radical (unpaired) electrons. The molecule has 0 atom stereocenters. The van der Waals surface area contributed by atoms with Crippen LogP contribution < -0.4 is 10.2 Å². The van der Waals surface area contributed by atoms with Crippen LogP contribution in [0, 0.1) is 0 Å². The summed E-state index contributed by atoms with van der Waals surface area (Å²) in [7, 11) is 0. The number of nitrogens with zero attached hydrogens (tertiary/aromatic N) is 1. The molecule has 1 heterocycles. The number of amides is 4. The largest absolute Gasteiger partial charge is 0.500 e.